The van der Waals surface area contributed by atoms with Gasteiger partial charge >= 0.3 is 11.9 Å². The van der Waals surface area contributed by atoms with Crippen LogP contribution in [0.3, 0.4) is 0 Å². The first kappa shape index (κ1) is 43.3. The second kappa shape index (κ2) is 15.1. The van der Waals surface area contributed by atoms with Crippen LogP contribution in [-0.2, 0) is 32.2 Å². The van der Waals surface area contributed by atoms with Crippen molar-refractivity contribution in [1.82, 2.24) is 10.2 Å². The number of hydrogen-bond acceptors (Lipinski definition) is 7. The van der Waals surface area contributed by atoms with Crippen molar-refractivity contribution in [1.29, 1.82) is 0 Å². The van der Waals surface area contributed by atoms with Gasteiger partial charge in [0, 0.05) is 41.9 Å². The molecule has 0 bridgehead atoms. The lowest BCUT2D eigenvalue weighted by Crippen LogP contribution is -2.66. The number of ether oxygens (including phenoxy) is 1. The van der Waals surface area contributed by atoms with Crippen LogP contribution in [0.1, 0.15) is 138 Å². The van der Waals surface area contributed by atoms with E-state index in [1.165, 1.54) is 11.1 Å². The zero-order valence-electron chi connectivity index (χ0n) is 36.2. The number of allylic oxidation sites excluding steroid dienone is 1. The Balaban J connectivity index is 1.25. The second-order valence-corrected chi connectivity index (χ2v) is 21.8. The standard InChI is InChI=1S/C47H71ClN2O6/c1-28(2)39-33(51)23-47(36(52)26-49-25-29-12-13-31(48)22-30(29)27-50(10)11)21-20-45(8)32(40(39)47)14-15-35-44(7)18-17-37(56-38(53)24-42(3,4)41(54)55)43(5,6)34(44)16-19-46(35,45)9/h12-13,22,28,32,34-37,49,52H,14-21,23-27H2,1-11H3,(H,54,55)/t32-,34+,35-,36-,37+,44+,45-,46-,47?/m1/s1. The Morgan fingerprint density at radius 1 is 0.964 bits per heavy atom. The largest absolute Gasteiger partial charge is 0.481 e. The van der Waals surface area contributed by atoms with E-state index in [0.717, 1.165) is 74.1 Å². The first-order chi connectivity index (χ1) is 25.9. The van der Waals surface area contributed by atoms with E-state index < -0.39 is 28.9 Å². The molecule has 56 heavy (non-hydrogen) atoms. The third-order valence-electron chi connectivity index (χ3n) is 16.8. The molecule has 9 atom stereocenters. The predicted molar refractivity (Wildman–Crippen MR) is 222 cm³/mol. The van der Waals surface area contributed by atoms with Gasteiger partial charge in [0.1, 0.15) is 6.10 Å². The normalized spacial score (nSPS) is 35.8. The lowest BCUT2D eigenvalue weighted by atomic mass is 9.33. The number of aliphatic carboxylic acids is 1. The second-order valence-electron chi connectivity index (χ2n) is 21.4. The number of Topliss-reactive ketones (excluding diaryl/α,β-unsaturated/α-hetero) is 1. The van der Waals surface area contributed by atoms with Crippen molar-refractivity contribution < 1.29 is 29.3 Å². The summed E-state index contributed by atoms with van der Waals surface area (Å²) < 4.78 is 6.18. The van der Waals surface area contributed by atoms with Gasteiger partial charge in [0.15, 0.2) is 5.78 Å². The number of carbonyl (C=O) groups is 3. The Kier molecular flexibility index (Phi) is 11.7. The highest BCUT2D eigenvalue weighted by molar-refractivity contribution is 6.30. The van der Waals surface area contributed by atoms with E-state index in [4.69, 9.17) is 16.3 Å². The average Bonchev–Trinajstić information content (AvgIpc) is 3.40. The van der Waals surface area contributed by atoms with Gasteiger partial charge in [-0.05, 0) is 148 Å². The molecule has 0 radical (unpaired) electrons. The number of esters is 1. The number of carbonyl (C=O) groups excluding carboxylic acids is 2. The summed E-state index contributed by atoms with van der Waals surface area (Å²) in [6, 6.07) is 6.03. The van der Waals surface area contributed by atoms with Crippen molar-refractivity contribution in [2.24, 2.45) is 56.2 Å². The van der Waals surface area contributed by atoms with Gasteiger partial charge in [-0.25, -0.2) is 0 Å². The highest BCUT2D eigenvalue weighted by atomic mass is 35.5. The Morgan fingerprint density at radius 2 is 1.66 bits per heavy atom. The maximum atomic E-state index is 14.2. The van der Waals surface area contributed by atoms with Crippen LogP contribution in [0, 0.1) is 56.2 Å². The summed E-state index contributed by atoms with van der Waals surface area (Å²) in [6.07, 6.45) is 7.09. The van der Waals surface area contributed by atoms with Gasteiger partial charge in [-0.1, -0.05) is 71.7 Å². The first-order valence-electron chi connectivity index (χ1n) is 21.5. The molecule has 0 amide bonds. The molecule has 1 aromatic carbocycles. The zero-order valence-corrected chi connectivity index (χ0v) is 37.0. The number of benzene rings is 1. The molecule has 0 aromatic heterocycles. The molecule has 9 heteroatoms. The van der Waals surface area contributed by atoms with Crippen molar-refractivity contribution >= 4 is 29.3 Å². The van der Waals surface area contributed by atoms with Gasteiger partial charge in [0.05, 0.1) is 17.9 Å². The topological polar surface area (TPSA) is 116 Å². The Morgan fingerprint density at radius 3 is 2.30 bits per heavy atom. The van der Waals surface area contributed by atoms with Crippen LogP contribution in [0.5, 0.6) is 0 Å². The van der Waals surface area contributed by atoms with E-state index in [1.54, 1.807) is 13.8 Å². The van der Waals surface area contributed by atoms with Gasteiger partial charge < -0.3 is 25.2 Å². The van der Waals surface area contributed by atoms with Crippen molar-refractivity contribution in [2.75, 3.05) is 20.6 Å². The molecule has 0 heterocycles. The van der Waals surface area contributed by atoms with Crippen LogP contribution < -0.4 is 5.32 Å². The number of nitrogens with one attached hydrogen (secondary N) is 1. The smallest absolute Gasteiger partial charge is 0.309 e. The summed E-state index contributed by atoms with van der Waals surface area (Å²) >= 11 is 6.37. The van der Waals surface area contributed by atoms with Crippen LogP contribution in [-0.4, -0.2) is 65.7 Å². The molecule has 0 saturated heterocycles. The van der Waals surface area contributed by atoms with Crippen molar-refractivity contribution in [2.45, 2.75) is 152 Å². The third-order valence-corrected chi connectivity index (χ3v) is 17.0. The quantitative estimate of drug-likeness (QED) is 0.180. The number of carboxylic acid groups (broad SMARTS) is 1. The molecule has 4 fully saturated rings. The van der Waals surface area contributed by atoms with E-state index in [9.17, 15) is 24.6 Å². The monoisotopic (exact) mass is 795 g/mol. The number of ketones is 1. The number of hydrogen-bond donors (Lipinski definition) is 3. The van der Waals surface area contributed by atoms with E-state index >= 15 is 0 Å². The van der Waals surface area contributed by atoms with Crippen molar-refractivity contribution in [3.8, 4) is 0 Å². The van der Waals surface area contributed by atoms with Crippen molar-refractivity contribution in [3.63, 3.8) is 0 Å². The van der Waals surface area contributed by atoms with Gasteiger partial charge in [-0.3, -0.25) is 14.4 Å². The minimum absolute atomic E-state index is 0.0269. The molecule has 0 spiro atoms. The third kappa shape index (κ3) is 7.02. The molecular weight excluding hydrogens is 724 g/mol. The zero-order chi connectivity index (χ0) is 41.4. The van der Waals surface area contributed by atoms with Crippen molar-refractivity contribution in [3.05, 3.63) is 45.5 Å². The van der Waals surface area contributed by atoms with E-state index in [1.807, 2.05) is 12.1 Å². The van der Waals surface area contributed by atoms with Gasteiger partial charge in [-0.2, -0.15) is 0 Å². The maximum Gasteiger partial charge on any atom is 0.309 e. The van der Waals surface area contributed by atoms with Crippen LogP contribution in [0.4, 0.5) is 0 Å². The highest BCUT2D eigenvalue weighted by Gasteiger charge is 2.70. The number of carboxylic acids is 1. The number of rotatable bonds is 12. The molecule has 4 saturated carbocycles. The molecule has 312 valence electrons. The van der Waals surface area contributed by atoms with Crippen LogP contribution in [0.25, 0.3) is 0 Å². The highest BCUT2D eigenvalue weighted by Crippen LogP contribution is 2.77. The van der Waals surface area contributed by atoms with Crippen LogP contribution in [0.2, 0.25) is 5.02 Å². The Hall–Kier alpha value is -2.26. The number of halogens is 1. The summed E-state index contributed by atoms with van der Waals surface area (Å²) in [7, 11) is 4.10. The fourth-order valence-corrected chi connectivity index (χ4v) is 13.9. The van der Waals surface area contributed by atoms with Gasteiger partial charge in [0.2, 0.25) is 0 Å². The molecule has 1 aromatic rings. The van der Waals surface area contributed by atoms with E-state index in [0.29, 0.717) is 31.3 Å². The number of nitrogens with zero attached hydrogens (tertiary/aromatic N) is 1. The maximum absolute atomic E-state index is 14.2. The molecular formula is C47H71ClN2O6. The number of aliphatic hydroxyl groups excluding tert-OH is 1. The minimum atomic E-state index is -1.17. The summed E-state index contributed by atoms with van der Waals surface area (Å²) in [6.45, 7) is 21.5. The van der Waals surface area contributed by atoms with Crippen LogP contribution in [0.15, 0.2) is 29.3 Å². The molecule has 5 aliphatic rings. The lowest BCUT2D eigenvalue weighted by molar-refractivity contribution is -0.235. The summed E-state index contributed by atoms with van der Waals surface area (Å²) in [4.78, 5) is 41.2. The summed E-state index contributed by atoms with van der Waals surface area (Å²) in [5.74, 6) is -0.00510. The Bertz CT molecular complexity index is 1750. The van der Waals surface area contributed by atoms with Crippen LogP contribution >= 0.6 is 11.6 Å². The van der Waals surface area contributed by atoms with Gasteiger partial charge in [-0.15, -0.1) is 0 Å². The summed E-state index contributed by atoms with van der Waals surface area (Å²) in [5, 5.41) is 26.3. The predicted octanol–water partition coefficient (Wildman–Crippen LogP) is 9.25. The fourth-order valence-electron chi connectivity index (χ4n) is 13.7. The molecule has 1 unspecified atom stereocenters. The number of aliphatic hydroxyl groups is 1. The van der Waals surface area contributed by atoms with E-state index in [-0.39, 0.29) is 51.8 Å². The summed E-state index contributed by atoms with van der Waals surface area (Å²) in [5.41, 5.74) is 2.70. The van der Waals surface area contributed by atoms with E-state index in [2.05, 4.69) is 78.8 Å². The molecule has 3 N–H and O–H groups in total. The Labute approximate surface area is 341 Å². The SMILES string of the molecule is CC(C)C1=C2[C@H]3CC[C@@H]4[C@@]5(C)CC[C@H](OC(=O)CC(C)(C)C(=O)O)C(C)(C)[C@@H]5CC[C@@]4(C)[C@]3(C)CCC2([C@H](O)CNCc2ccc(Cl)cc2CN(C)C)CC1=O. The van der Waals surface area contributed by atoms with Gasteiger partial charge in [0.25, 0.3) is 0 Å². The minimum Gasteiger partial charge on any atom is -0.481 e. The lowest BCUT2D eigenvalue weighted by Gasteiger charge is -2.72. The average molecular weight is 796 g/mol. The number of fused-ring (bicyclic) bond motifs is 7. The molecule has 8 nitrogen and oxygen atoms in total. The molecule has 0 aliphatic heterocycles. The fraction of sp³-hybridized carbons (Fsp3) is 0.766. The molecule has 5 aliphatic carbocycles. The first-order valence-corrected chi connectivity index (χ1v) is 21.8. The molecule has 6 rings (SSSR count).